The Morgan fingerprint density at radius 3 is 2.08 bits per heavy atom. The molecule has 0 saturated carbocycles. The van der Waals surface area contributed by atoms with Gasteiger partial charge in [0.25, 0.3) is 0 Å². The van der Waals surface area contributed by atoms with Gasteiger partial charge in [-0.05, 0) is 11.8 Å². The molecular weight excluding hydrogens is 550 g/mol. The number of hydrogen-bond donors (Lipinski definition) is 0. The summed E-state index contributed by atoms with van der Waals surface area (Å²) in [6, 6.07) is 35.0. The van der Waals surface area contributed by atoms with Crippen molar-refractivity contribution in [3.05, 3.63) is 116 Å². The third-order valence-corrected chi connectivity index (χ3v) is 7.08. The Morgan fingerprint density at radius 2 is 1.41 bits per heavy atom. The van der Waals surface area contributed by atoms with Crippen LogP contribution in [0.5, 0.6) is 0 Å². The van der Waals surface area contributed by atoms with Crippen molar-refractivity contribution >= 4 is 29.1 Å². The molecule has 7 heteroatoms. The maximum Gasteiger partial charge on any atom is 2.00 e. The number of nitrogens with zero attached hydrogens (tertiary/aromatic N) is 4. The van der Waals surface area contributed by atoms with E-state index in [1.807, 2.05) is 23.0 Å². The maximum absolute atomic E-state index is 5.63. The molecule has 0 amide bonds. The van der Waals surface area contributed by atoms with Crippen LogP contribution < -0.4 is 15.7 Å². The molecule has 0 fully saturated rings. The fourth-order valence-electron chi connectivity index (χ4n) is 5.57. The van der Waals surface area contributed by atoms with Crippen LogP contribution in [-0.2, 0) is 20.4 Å². The molecule has 4 heterocycles. The van der Waals surface area contributed by atoms with E-state index in [1.54, 1.807) is 18.7 Å². The van der Waals surface area contributed by atoms with Gasteiger partial charge in [0.1, 0.15) is 5.89 Å². The normalized spacial score (nSPS) is 12.5. The summed E-state index contributed by atoms with van der Waals surface area (Å²) in [5.41, 5.74) is 10.9. The van der Waals surface area contributed by atoms with Gasteiger partial charge in [-0.2, -0.15) is 11.2 Å². The number of benzene rings is 4. The van der Waals surface area contributed by atoms with E-state index in [0.717, 1.165) is 33.8 Å². The quantitative estimate of drug-likeness (QED) is 0.218. The summed E-state index contributed by atoms with van der Waals surface area (Å²) in [7, 11) is 0. The van der Waals surface area contributed by atoms with Crippen LogP contribution in [0.1, 0.15) is 0 Å². The summed E-state index contributed by atoms with van der Waals surface area (Å²) in [5.74, 6) is 0.556. The fourth-order valence-corrected chi connectivity index (χ4v) is 5.57. The Labute approximate surface area is 228 Å². The van der Waals surface area contributed by atoms with Gasteiger partial charge in [0.2, 0.25) is 0 Å². The first-order valence-corrected chi connectivity index (χ1v) is 11.9. The van der Waals surface area contributed by atoms with Crippen molar-refractivity contribution in [2.75, 3.05) is 4.81 Å². The van der Waals surface area contributed by atoms with Gasteiger partial charge in [-0.25, -0.2) is 0 Å². The van der Waals surface area contributed by atoms with Crippen molar-refractivity contribution in [1.29, 1.82) is 0 Å². The van der Waals surface area contributed by atoms with E-state index in [0.29, 0.717) is 5.89 Å². The number of rotatable bonds is 2. The molecule has 0 unspecified atom stereocenters. The van der Waals surface area contributed by atoms with Crippen molar-refractivity contribution in [1.82, 2.24) is 14.8 Å². The molecule has 5 nitrogen and oxygen atoms in total. The van der Waals surface area contributed by atoms with Gasteiger partial charge in [0.15, 0.2) is 0 Å². The minimum atomic E-state index is -0.0161. The van der Waals surface area contributed by atoms with Crippen molar-refractivity contribution in [3.63, 3.8) is 0 Å². The Bertz CT molecular complexity index is 1640. The minimum absolute atomic E-state index is 0. The maximum atomic E-state index is 5.63. The smallest absolute Gasteiger partial charge is 0.489 e. The van der Waals surface area contributed by atoms with Crippen LogP contribution in [0.25, 0.3) is 39.4 Å². The molecule has 0 aliphatic carbocycles. The SMILES string of the molecule is [Pd+2].[c-]1c(-c2ncco2)ccc2c1N1B(c3ccccc3-2)c2ccccc2-c2ccc(-n3cccn3)[c-]c21. The molecule has 4 aromatic carbocycles. The predicted octanol–water partition coefficient (Wildman–Crippen LogP) is 5.03. The molecule has 2 aromatic heterocycles. The van der Waals surface area contributed by atoms with Crippen molar-refractivity contribution in [2.24, 2.45) is 0 Å². The Hall–Kier alpha value is -4.17. The van der Waals surface area contributed by atoms with Crippen molar-refractivity contribution in [2.45, 2.75) is 0 Å². The molecule has 37 heavy (non-hydrogen) atoms. The monoisotopic (exact) mass is 566 g/mol. The van der Waals surface area contributed by atoms with E-state index in [4.69, 9.17) is 4.42 Å². The number of aromatic nitrogens is 3. The Kier molecular flexibility index (Phi) is 5.04. The van der Waals surface area contributed by atoms with E-state index in [2.05, 4.69) is 93.8 Å². The topological polar surface area (TPSA) is 47.1 Å². The van der Waals surface area contributed by atoms with Crippen LogP contribution in [0.4, 0.5) is 11.4 Å². The average Bonchev–Trinajstić information content (AvgIpc) is 3.67. The van der Waals surface area contributed by atoms with E-state index in [9.17, 15) is 0 Å². The molecule has 0 atom stereocenters. The van der Waals surface area contributed by atoms with E-state index in [1.165, 1.54) is 22.1 Å². The average molecular weight is 567 g/mol. The van der Waals surface area contributed by atoms with Gasteiger partial charge in [-0.1, -0.05) is 93.1 Å². The molecule has 0 saturated heterocycles. The minimum Gasteiger partial charge on any atom is -0.489 e. The molecule has 0 bridgehead atoms. The zero-order chi connectivity index (χ0) is 23.6. The Morgan fingerprint density at radius 1 is 0.703 bits per heavy atom. The molecule has 176 valence electrons. The van der Waals surface area contributed by atoms with Gasteiger partial charge < -0.3 is 9.23 Å². The third kappa shape index (κ3) is 3.22. The second-order valence-electron chi connectivity index (χ2n) is 8.98. The molecule has 8 rings (SSSR count). The van der Waals surface area contributed by atoms with Crippen molar-refractivity contribution in [3.8, 4) is 39.4 Å². The van der Waals surface area contributed by atoms with Gasteiger partial charge in [0.05, 0.1) is 12.5 Å². The summed E-state index contributed by atoms with van der Waals surface area (Å²) < 4.78 is 7.48. The van der Waals surface area contributed by atoms with Crippen LogP contribution in [0.3, 0.4) is 0 Å². The first-order valence-electron chi connectivity index (χ1n) is 11.9. The Balaban J connectivity index is 0.00000231. The zero-order valence-electron chi connectivity index (χ0n) is 19.4. The van der Waals surface area contributed by atoms with Gasteiger partial charge >= 0.3 is 27.3 Å². The summed E-state index contributed by atoms with van der Waals surface area (Å²) in [6.45, 7) is -0.0161. The first-order chi connectivity index (χ1) is 17.9. The summed E-state index contributed by atoms with van der Waals surface area (Å²) in [6.07, 6.45) is 6.99. The fraction of sp³-hybridized carbons (Fsp3) is 0. The van der Waals surface area contributed by atoms with E-state index >= 15 is 0 Å². The first kappa shape index (κ1) is 22.1. The van der Waals surface area contributed by atoms with E-state index < -0.39 is 0 Å². The van der Waals surface area contributed by atoms with Crippen LogP contribution in [0, 0.1) is 12.1 Å². The zero-order valence-corrected chi connectivity index (χ0v) is 21.0. The molecular formula is C30H17BN4OPd. The molecule has 2 aliphatic rings. The number of fused-ring (bicyclic) bond motifs is 11. The number of anilines is 2. The summed E-state index contributed by atoms with van der Waals surface area (Å²) in [5, 5.41) is 4.45. The molecule has 2 aliphatic heterocycles. The van der Waals surface area contributed by atoms with Gasteiger partial charge in [0, 0.05) is 12.4 Å². The van der Waals surface area contributed by atoms with E-state index in [-0.39, 0.29) is 27.3 Å². The largest absolute Gasteiger partial charge is 2.00 e. The van der Waals surface area contributed by atoms with Crippen LogP contribution >= 0.6 is 0 Å². The number of hydrogen-bond acceptors (Lipinski definition) is 4. The predicted molar refractivity (Wildman–Crippen MR) is 141 cm³/mol. The standard InChI is InChI=1S/C30H17BN4O.Pd/c1-3-8-26-22(6-1)24-12-10-20(30-32-15-17-36-30)18-28(24)35-29-19-21(34-16-5-14-33-34)11-13-25(29)23-7-2-4-9-27(23)31(26)35;/h1-17H;/q-2;+2. The third-order valence-electron chi connectivity index (χ3n) is 7.08. The van der Waals surface area contributed by atoms with Crippen LogP contribution in [0.15, 0.2) is 108 Å². The summed E-state index contributed by atoms with van der Waals surface area (Å²) >= 11 is 0. The van der Waals surface area contributed by atoms with Gasteiger partial charge in [-0.3, -0.25) is 9.67 Å². The van der Waals surface area contributed by atoms with Crippen molar-refractivity contribution < 1.29 is 24.8 Å². The second-order valence-corrected chi connectivity index (χ2v) is 8.98. The van der Waals surface area contributed by atoms with Crippen LogP contribution in [0.2, 0.25) is 0 Å². The molecule has 0 radical (unpaired) electrons. The van der Waals surface area contributed by atoms with Gasteiger partial charge in [-0.15, -0.1) is 35.9 Å². The molecule has 0 spiro atoms. The molecule has 6 aromatic rings. The molecule has 0 N–H and O–H groups in total. The second kappa shape index (κ2) is 8.45. The summed E-state index contributed by atoms with van der Waals surface area (Å²) in [4.78, 5) is 6.75. The number of oxazole rings is 1. The van der Waals surface area contributed by atoms with Crippen LogP contribution in [-0.4, -0.2) is 21.6 Å².